The third-order valence-electron chi connectivity index (χ3n) is 4.05. The van der Waals surface area contributed by atoms with Crippen molar-refractivity contribution in [2.45, 2.75) is 38.5 Å². The van der Waals surface area contributed by atoms with Crippen LogP contribution in [0.5, 0.6) is 11.5 Å². The second-order valence-electron chi connectivity index (χ2n) is 6.26. The minimum Gasteiger partial charge on any atom is -0.490 e. The number of benzene rings is 2. The van der Waals surface area contributed by atoms with E-state index in [1.807, 2.05) is 20.8 Å². The van der Waals surface area contributed by atoms with Gasteiger partial charge in [-0.05, 0) is 62.7 Å². The fourth-order valence-corrected chi connectivity index (χ4v) is 3.65. The number of sulfonamides is 1. The van der Waals surface area contributed by atoms with Crippen molar-refractivity contribution in [3.05, 3.63) is 48.0 Å². The maximum Gasteiger partial charge on any atom is 0.255 e. The van der Waals surface area contributed by atoms with Crippen LogP contribution < -0.4 is 19.5 Å². The average Bonchev–Trinajstić information content (AvgIpc) is 2.70. The van der Waals surface area contributed by atoms with Crippen LogP contribution in [-0.4, -0.2) is 34.1 Å². The van der Waals surface area contributed by atoms with E-state index in [1.54, 1.807) is 30.3 Å². The van der Waals surface area contributed by atoms with Crippen LogP contribution in [0.25, 0.3) is 0 Å². The number of hydrogen-bond donors (Lipinski definition) is 2. The van der Waals surface area contributed by atoms with Crippen LogP contribution in [0.4, 0.5) is 5.69 Å². The summed E-state index contributed by atoms with van der Waals surface area (Å²) in [6.45, 7) is 7.07. The van der Waals surface area contributed by atoms with Crippen LogP contribution in [-0.2, 0) is 10.0 Å². The van der Waals surface area contributed by atoms with E-state index in [0.29, 0.717) is 42.5 Å². The number of anilines is 1. The second-order valence-corrected chi connectivity index (χ2v) is 8.02. The van der Waals surface area contributed by atoms with Gasteiger partial charge in [0.1, 0.15) is 0 Å². The summed E-state index contributed by atoms with van der Waals surface area (Å²) in [5.41, 5.74) is 0.907. The van der Waals surface area contributed by atoms with Gasteiger partial charge in [-0.2, -0.15) is 0 Å². The SMILES string of the molecule is CCCCNS(=O)(=O)c1ccc(NC(=O)c2ccc(OCC)c(OCC)c2)cc1. The predicted molar refractivity (Wildman–Crippen MR) is 113 cm³/mol. The quantitative estimate of drug-likeness (QED) is 0.539. The molecular formula is C21H28N2O5S. The van der Waals surface area contributed by atoms with Gasteiger partial charge in [0, 0.05) is 17.8 Å². The highest BCUT2D eigenvalue weighted by molar-refractivity contribution is 7.89. The van der Waals surface area contributed by atoms with E-state index in [1.165, 1.54) is 12.1 Å². The normalized spacial score (nSPS) is 11.1. The number of ether oxygens (including phenoxy) is 2. The molecular weight excluding hydrogens is 392 g/mol. The van der Waals surface area contributed by atoms with Gasteiger partial charge >= 0.3 is 0 Å². The number of amides is 1. The van der Waals surface area contributed by atoms with Crippen molar-refractivity contribution >= 4 is 21.6 Å². The van der Waals surface area contributed by atoms with Crippen molar-refractivity contribution in [3.63, 3.8) is 0 Å². The highest BCUT2D eigenvalue weighted by Crippen LogP contribution is 2.29. The molecule has 0 saturated carbocycles. The molecule has 0 saturated heterocycles. The Labute approximate surface area is 172 Å². The van der Waals surface area contributed by atoms with E-state index in [9.17, 15) is 13.2 Å². The predicted octanol–water partition coefficient (Wildman–Crippen LogP) is 3.81. The Morgan fingerprint density at radius 2 is 1.59 bits per heavy atom. The Bertz CT molecular complexity index is 911. The van der Waals surface area contributed by atoms with E-state index in [2.05, 4.69) is 10.0 Å². The molecule has 0 aliphatic rings. The van der Waals surface area contributed by atoms with Crippen LogP contribution in [0.15, 0.2) is 47.4 Å². The zero-order valence-electron chi connectivity index (χ0n) is 17.0. The number of rotatable bonds is 11. The summed E-state index contributed by atoms with van der Waals surface area (Å²) in [5, 5.41) is 2.76. The number of hydrogen-bond acceptors (Lipinski definition) is 5. The lowest BCUT2D eigenvalue weighted by Gasteiger charge is -2.13. The summed E-state index contributed by atoms with van der Waals surface area (Å²) in [7, 11) is -3.55. The molecule has 0 aromatic heterocycles. The lowest BCUT2D eigenvalue weighted by molar-refractivity contribution is 0.102. The van der Waals surface area contributed by atoms with Crippen LogP contribution in [0.2, 0.25) is 0 Å². The van der Waals surface area contributed by atoms with E-state index in [4.69, 9.17) is 9.47 Å². The summed E-state index contributed by atoms with van der Waals surface area (Å²) in [6, 6.07) is 11.0. The first-order chi connectivity index (χ1) is 13.9. The molecule has 0 atom stereocenters. The lowest BCUT2D eigenvalue weighted by Crippen LogP contribution is -2.24. The molecule has 0 bridgehead atoms. The summed E-state index contributed by atoms with van der Waals surface area (Å²) in [6.07, 6.45) is 1.68. The van der Waals surface area contributed by atoms with E-state index >= 15 is 0 Å². The molecule has 2 aromatic rings. The summed E-state index contributed by atoms with van der Waals surface area (Å²) >= 11 is 0. The van der Waals surface area contributed by atoms with E-state index in [0.717, 1.165) is 12.8 Å². The average molecular weight is 421 g/mol. The molecule has 0 aliphatic carbocycles. The third kappa shape index (κ3) is 6.47. The van der Waals surface area contributed by atoms with Crippen molar-refractivity contribution in [2.75, 3.05) is 25.1 Å². The molecule has 1 amide bonds. The van der Waals surface area contributed by atoms with Crippen molar-refractivity contribution in [1.29, 1.82) is 0 Å². The highest BCUT2D eigenvalue weighted by Gasteiger charge is 2.15. The molecule has 29 heavy (non-hydrogen) atoms. The Morgan fingerprint density at radius 1 is 0.931 bits per heavy atom. The molecule has 0 fully saturated rings. The topological polar surface area (TPSA) is 93.7 Å². The van der Waals surface area contributed by atoms with Crippen molar-refractivity contribution in [3.8, 4) is 11.5 Å². The maximum atomic E-state index is 12.6. The third-order valence-corrected chi connectivity index (χ3v) is 5.53. The van der Waals surface area contributed by atoms with Gasteiger partial charge in [0.15, 0.2) is 11.5 Å². The van der Waals surface area contributed by atoms with E-state index in [-0.39, 0.29) is 10.8 Å². The van der Waals surface area contributed by atoms with Crippen molar-refractivity contribution in [1.82, 2.24) is 4.72 Å². The zero-order chi connectivity index (χ0) is 21.3. The Balaban J connectivity index is 2.10. The minimum atomic E-state index is -3.55. The number of carbonyl (C=O) groups is 1. The zero-order valence-corrected chi connectivity index (χ0v) is 17.8. The van der Waals surface area contributed by atoms with Crippen LogP contribution in [0, 0.1) is 0 Å². The number of carbonyl (C=O) groups excluding carboxylic acids is 1. The van der Waals surface area contributed by atoms with Gasteiger partial charge in [-0.15, -0.1) is 0 Å². The Morgan fingerprint density at radius 3 is 2.21 bits per heavy atom. The summed E-state index contributed by atoms with van der Waals surface area (Å²) in [4.78, 5) is 12.7. The summed E-state index contributed by atoms with van der Waals surface area (Å²) < 4.78 is 38.0. The van der Waals surface area contributed by atoms with Gasteiger partial charge < -0.3 is 14.8 Å². The first-order valence-electron chi connectivity index (χ1n) is 9.72. The molecule has 0 aliphatic heterocycles. The smallest absolute Gasteiger partial charge is 0.255 e. The standard InChI is InChI=1S/C21H28N2O5S/c1-4-7-14-22-29(25,26)18-11-9-17(10-12-18)23-21(24)16-8-13-19(27-5-2)20(15-16)28-6-3/h8-13,15,22H,4-7,14H2,1-3H3,(H,23,24). The molecule has 0 radical (unpaired) electrons. The maximum absolute atomic E-state index is 12.6. The van der Waals surface area contributed by atoms with Gasteiger partial charge in [0.25, 0.3) is 5.91 Å². The van der Waals surface area contributed by atoms with Crippen LogP contribution in [0.3, 0.4) is 0 Å². The molecule has 7 nitrogen and oxygen atoms in total. The molecule has 0 spiro atoms. The van der Waals surface area contributed by atoms with Crippen molar-refractivity contribution < 1.29 is 22.7 Å². The van der Waals surface area contributed by atoms with E-state index < -0.39 is 10.0 Å². The fraction of sp³-hybridized carbons (Fsp3) is 0.381. The molecule has 0 unspecified atom stereocenters. The highest BCUT2D eigenvalue weighted by atomic mass is 32.2. The Kier molecular flexibility index (Phi) is 8.48. The van der Waals surface area contributed by atoms with Gasteiger partial charge in [-0.25, -0.2) is 13.1 Å². The van der Waals surface area contributed by atoms with Crippen LogP contribution >= 0.6 is 0 Å². The number of unbranched alkanes of at least 4 members (excludes halogenated alkanes) is 1. The molecule has 0 heterocycles. The number of nitrogens with one attached hydrogen (secondary N) is 2. The molecule has 2 aromatic carbocycles. The van der Waals surface area contributed by atoms with Gasteiger partial charge in [0.2, 0.25) is 10.0 Å². The fourth-order valence-electron chi connectivity index (χ4n) is 2.58. The molecule has 158 valence electrons. The molecule has 2 N–H and O–H groups in total. The first kappa shape index (κ1) is 22.7. The van der Waals surface area contributed by atoms with Gasteiger partial charge in [-0.1, -0.05) is 13.3 Å². The van der Waals surface area contributed by atoms with Gasteiger partial charge in [-0.3, -0.25) is 4.79 Å². The lowest BCUT2D eigenvalue weighted by atomic mass is 10.2. The second kappa shape index (κ2) is 10.8. The largest absolute Gasteiger partial charge is 0.490 e. The first-order valence-corrected chi connectivity index (χ1v) is 11.2. The molecule has 2 rings (SSSR count). The molecule has 8 heteroatoms. The minimum absolute atomic E-state index is 0.159. The van der Waals surface area contributed by atoms with Crippen LogP contribution in [0.1, 0.15) is 44.0 Å². The summed E-state index contributed by atoms with van der Waals surface area (Å²) in [5.74, 6) is 0.753. The monoisotopic (exact) mass is 420 g/mol. The van der Waals surface area contributed by atoms with Crippen molar-refractivity contribution in [2.24, 2.45) is 0 Å². The Hall–Kier alpha value is -2.58. The van der Waals surface area contributed by atoms with Gasteiger partial charge in [0.05, 0.1) is 18.1 Å².